The van der Waals surface area contributed by atoms with Gasteiger partial charge in [-0.05, 0) is 31.2 Å². The van der Waals surface area contributed by atoms with Crippen LogP contribution in [0.3, 0.4) is 0 Å². The fourth-order valence-electron chi connectivity index (χ4n) is 2.39. The number of rotatable bonds is 3. The molecule has 0 spiro atoms. The second-order valence-electron chi connectivity index (χ2n) is 4.97. The third-order valence-corrected chi connectivity index (χ3v) is 4.55. The van der Waals surface area contributed by atoms with Crippen LogP contribution in [0, 0.1) is 0 Å². The number of hydrogen-bond donors (Lipinski definition) is 0. The van der Waals surface area contributed by atoms with Gasteiger partial charge in [0.15, 0.2) is 5.78 Å². The van der Waals surface area contributed by atoms with E-state index in [0.717, 1.165) is 15.2 Å². The fourth-order valence-corrected chi connectivity index (χ4v) is 3.51. The molecular formula is C16H13NO2S. The maximum atomic E-state index is 11.6. The first-order valence-electron chi connectivity index (χ1n) is 6.37. The largest absolute Gasteiger partial charge is 0.300 e. The van der Waals surface area contributed by atoms with Crippen molar-refractivity contribution >= 4 is 33.1 Å². The highest BCUT2D eigenvalue weighted by atomic mass is 32.1. The normalized spacial score (nSPS) is 16.8. The van der Waals surface area contributed by atoms with Crippen molar-refractivity contribution in [1.82, 2.24) is 4.98 Å². The topological polar surface area (TPSA) is 47.0 Å². The van der Waals surface area contributed by atoms with Crippen molar-refractivity contribution in [1.29, 1.82) is 0 Å². The van der Waals surface area contributed by atoms with Crippen molar-refractivity contribution in [2.75, 3.05) is 0 Å². The van der Waals surface area contributed by atoms with Crippen molar-refractivity contribution in [2.24, 2.45) is 0 Å². The van der Waals surface area contributed by atoms with Crippen LogP contribution in [0.15, 0.2) is 48.6 Å². The number of benzene rings is 1. The molecule has 0 amide bonds. The van der Waals surface area contributed by atoms with Crippen molar-refractivity contribution in [2.45, 2.75) is 18.8 Å². The molecule has 3 rings (SSSR count). The molecule has 0 aliphatic heterocycles. The van der Waals surface area contributed by atoms with Gasteiger partial charge in [-0.15, -0.1) is 11.3 Å². The third kappa shape index (κ3) is 2.23. The highest BCUT2D eigenvalue weighted by molar-refractivity contribution is 7.18. The van der Waals surface area contributed by atoms with E-state index >= 15 is 0 Å². The Balaban J connectivity index is 2.14. The van der Waals surface area contributed by atoms with Crippen molar-refractivity contribution in [3.05, 3.63) is 53.6 Å². The minimum atomic E-state index is -0.580. The maximum absolute atomic E-state index is 11.6. The Morgan fingerprint density at radius 1 is 1.25 bits per heavy atom. The fraction of sp³-hybridized carbons (Fsp3) is 0.188. The molecule has 0 N–H and O–H groups in total. The lowest BCUT2D eigenvalue weighted by Crippen LogP contribution is -2.26. The molecule has 0 saturated carbocycles. The minimum absolute atomic E-state index is 0.0507. The summed E-state index contributed by atoms with van der Waals surface area (Å²) in [5, 5.41) is 0.855. The number of thiazole rings is 1. The SMILES string of the molecule is CC(=O)CC1(c2nc3ccccc3s2)C=CC(=O)C=C1. The average molecular weight is 283 g/mol. The Morgan fingerprint density at radius 3 is 2.60 bits per heavy atom. The van der Waals surface area contributed by atoms with Crippen LogP contribution in [0.1, 0.15) is 18.4 Å². The molecule has 1 aromatic carbocycles. The summed E-state index contributed by atoms with van der Waals surface area (Å²) < 4.78 is 1.09. The number of carbonyl (C=O) groups excluding carboxylic acids is 2. The number of allylic oxidation sites excluding steroid dienone is 4. The molecule has 0 bridgehead atoms. The summed E-state index contributed by atoms with van der Waals surface area (Å²) in [5.74, 6) is 0.0261. The number of Topliss-reactive ketones (excluding diaryl/α,β-unsaturated/α-hetero) is 1. The quantitative estimate of drug-likeness (QED) is 0.869. The Kier molecular flexibility index (Phi) is 3.10. The first-order chi connectivity index (χ1) is 9.59. The number of ketones is 2. The lowest BCUT2D eigenvalue weighted by atomic mass is 9.80. The monoisotopic (exact) mass is 283 g/mol. The van der Waals surface area contributed by atoms with Crippen LogP contribution in [-0.2, 0) is 15.0 Å². The van der Waals surface area contributed by atoms with Gasteiger partial charge in [-0.25, -0.2) is 4.98 Å². The van der Waals surface area contributed by atoms with Crippen molar-refractivity contribution < 1.29 is 9.59 Å². The van der Waals surface area contributed by atoms with Gasteiger partial charge in [-0.3, -0.25) is 9.59 Å². The highest BCUT2D eigenvalue weighted by Gasteiger charge is 2.33. The molecule has 0 fully saturated rings. The van der Waals surface area contributed by atoms with Crippen LogP contribution in [0.25, 0.3) is 10.2 Å². The molecule has 0 unspecified atom stereocenters. The molecule has 2 aromatic rings. The molecule has 0 atom stereocenters. The number of aromatic nitrogens is 1. The smallest absolute Gasteiger partial charge is 0.178 e. The molecule has 0 saturated heterocycles. The van der Waals surface area contributed by atoms with Crippen LogP contribution < -0.4 is 0 Å². The highest BCUT2D eigenvalue weighted by Crippen LogP contribution is 2.38. The van der Waals surface area contributed by atoms with E-state index in [2.05, 4.69) is 4.98 Å². The van der Waals surface area contributed by atoms with Gasteiger partial charge in [0.2, 0.25) is 0 Å². The molecule has 4 heteroatoms. The average Bonchev–Trinajstić information content (AvgIpc) is 2.85. The van der Waals surface area contributed by atoms with Gasteiger partial charge in [0, 0.05) is 6.42 Å². The van der Waals surface area contributed by atoms with Crippen LogP contribution >= 0.6 is 11.3 Å². The molecule has 0 radical (unpaired) electrons. The number of carbonyl (C=O) groups is 2. The second-order valence-corrected chi connectivity index (χ2v) is 6.01. The van der Waals surface area contributed by atoms with E-state index in [9.17, 15) is 9.59 Å². The van der Waals surface area contributed by atoms with Gasteiger partial charge in [-0.2, -0.15) is 0 Å². The molecular weight excluding hydrogens is 270 g/mol. The summed E-state index contributed by atoms with van der Waals surface area (Å²) in [6.45, 7) is 1.56. The molecule has 1 heterocycles. The lowest BCUT2D eigenvalue weighted by molar-refractivity contribution is -0.117. The molecule has 3 nitrogen and oxygen atoms in total. The zero-order chi connectivity index (χ0) is 14.2. The van der Waals surface area contributed by atoms with Crippen LogP contribution in [0.5, 0.6) is 0 Å². The summed E-state index contributed by atoms with van der Waals surface area (Å²) in [6, 6.07) is 7.88. The lowest BCUT2D eigenvalue weighted by Gasteiger charge is -2.25. The maximum Gasteiger partial charge on any atom is 0.178 e. The van der Waals surface area contributed by atoms with Crippen LogP contribution in [0.2, 0.25) is 0 Å². The predicted molar refractivity (Wildman–Crippen MR) is 79.9 cm³/mol. The van der Waals surface area contributed by atoms with Gasteiger partial charge in [-0.1, -0.05) is 24.3 Å². The summed E-state index contributed by atoms with van der Waals surface area (Å²) in [5.41, 5.74) is 0.345. The Bertz CT molecular complexity index is 706. The number of nitrogens with zero attached hydrogens (tertiary/aromatic N) is 1. The van der Waals surface area contributed by atoms with Crippen LogP contribution in [0.4, 0.5) is 0 Å². The minimum Gasteiger partial charge on any atom is -0.300 e. The standard InChI is InChI=1S/C16H13NO2S/c1-11(18)10-16(8-6-12(19)7-9-16)15-17-13-4-2-3-5-14(13)20-15/h2-9H,10H2,1H3. The van der Waals surface area contributed by atoms with E-state index in [4.69, 9.17) is 0 Å². The molecule has 1 aromatic heterocycles. The number of fused-ring (bicyclic) bond motifs is 1. The Labute approximate surface area is 120 Å². The summed E-state index contributed by atoms with van der Waals surface area (Å²) in [4.78, 5) is 27.6. The van der Waals surface area contributed by atoms with E-state index < -0.39 is 5.41 Å². The Hall–Kier alpha value is -2.07. The Morgan fingerprint density at radius 2 is 1.95 bits per heavy atom. The molecule has 1 aliphatic rings. The summed E-state index contributed by atoms with van der Waals surface area (Å²) >= 11 is 1.57. The van der Waals surface area contributed by atoms with Gasteiger partial charge < -0.3 is 0 Å². The van der Waals surface area contributed by atoms with E-state index in [1.54, 1.807) is 30.4 Å². The van der Waals surface area contributed by atoms with Gasteiger partial charge >= 0.3 is 0 Å². The van der Waals surface area contributed by atoms with Crippen molar-refractivity contribution in [3.8, 4) is 0 Å². The predicted octanol–water partition coefficient (Wildman–Crippen LogP) is 3.21. The first kappa shape index (κ1) is 12.9. The van der Waals surface area contributed by atoms with E-state index in [1.165, 1.54) is 12.2 Å². The third-order valence-electron chi connectivity index (χ3n) is 3.32. The zero-order valence-electron chi connectivity index (χ0n) is 11.0. The van der Waals surface area contributed by atoms with Crippen molar-refractivity contribution in [3.63, 3.8) is 0 Å². The van der Waals surface area contributed by atoms with Gasteiger partial charge in [0.25, 0.3) is 0 Å². The second kappa shape index (κ2) is 4.80. The van der Waals surface area contributed by atoms with Gasteiger partial charge in [0.05, 0.1) is 15.6 Å². The van der Waals surface area contributed by atoms with Gasteiger partial charge in [0.1, 0.15) is 10.8 Å². The molecule has 20 heavy (non-hydrogen) atoms. The molecule has 100 valence electrons. The number of para-hydroxylation sites is 1. The van der Waals surface area contributed by atoms with E-state index in [0.29, 0.717) is 6.42 Å². The van der Waals surface area contributed by atoms with E-state index in [1.807, 2.05) is 24.3 Å². The zero-order valence-corrected chi connectivity index (χ0v) is 11.8. The molecule has 1 aliphatic carbocycles. The van der Waals surface area contributed by atoms with Crippen LogP contribution in [-0.4, -0.2) is 16.6 Å². The number of hydrogen-bond acceptors (Lipinski definition) is 4. The van der Waals surface area contributed by atoms with E-state index in [-0.39, 0.29) is 11.6 Å². The summed E-state index contributed by atoms with van der Waals surface area (Å²) in [7, 11) is 0. The first-order valence-corrected chi connectivity index (χ1v) is 7.19. The summed E-state index contributed by atoms with van der Waals surface area (Å²) in [6.07, 6.45) is 6.97.